The summed E-state index contributed by atoms with van der Waals surface area (Å²) in [6.45, 7) is 3.56. The normalized spacial score (nSPS) is 12.3. The molecule has 3 aromatic carbocycles. The van der Waals surface area contributed by atoms with Crippen molar-refractivity contribution < 1.29 is 23.8 Å². The van der Waals surface area contributed by atoms with Gasteiger partial charge >= 0.3 is 5.97 Å². The van der Waals surface area contributed by atoms with Crippen molar-refractivity contribution in [2.75, 3.05) is 6.61 Å². The van der Waals surface area contributed by atoms with Gasteiger partial charge in [0, 0.05) is 5.39 Å². The van der Waals surface area contributed by atoms with Crippen LogP contribution in [0.3, 0.4) is 0 Å². The van der Waals surface area contributed by atoms with Crippen molar-refractivity contribution in [3.8, 4) is 23.1 Å². The first-order valence-corrected chi connectivity index (χ1v) is 12.6. The van der Waals surface area contributed by atoms with E-state index in [1.165, 1.54) is 17.8 Å². The molecular weight excluding hydrogens is 554 g/mol. The van der Waals surface area contributed by atoms with Gasteiger partial charge in [-0.05, 0) is 71.7 Å². The Morgan fingerprint density at radius 2 is 1.95 bits per heavy atom. The molecule has 1 atom stereocenters. The largest absolute Gasteiger partial charge is 0.490 e. The molecule has 0 aliphatic heterocycles. The van der Waals surface area contributed by atoms with Crippen molar-refractivity contribution in [2.24, 2.45) is 5.10 Å². The minimum atomic E-state index is -1.11. The van der Waals surface area contributed by atoms with E-state index >= 15 is 0 Å². The van der Waals surface area contributed by atoms with Crippen LogP contribution in [-0.4, -0.2) is 39.7 Å². The number of carboxylic acid groups (broad SMARTS) is 1. The number of ether oxygens (including phenoxy) is 2. The van der Waals surface area contributed by atoms with Crippen LogP contribution in [0.2, 0.25) is 0 Å². The fourth-order valence-electron chi connectivity index (χ4n) is 3.87. The van der Waals surface area contributed by atoms with Crippen molar-refractivity contribution in [3.05, 3.63) is 87.1 Å². The fourth-order valence-corrected chi connectivity index (χ4v) is 4.43. The van der Waals surface area contributed by atoms with Gasteiger partial charge in [0.25, 0.3) is 5.56 Å². The molecule has 0 unspecified atom stereocenters. The van der Waals surface area contributed by atoms with E-state index in [0.29, 0.717) is 44.6 Å². The Kier molecular flexibility index (Phi) is 6.97. The number of nitrogens with zero attached hydrogens (tertiary/aromatic N) is 3. The van der Waals surface area contributed by atoms with Crippen LogP contribution in [0, 0.1) is 0 Å². The number of benzene rings is 3. The SMILES string of the molecule is CCOc1cc(C=Nn2c(-c3cc4ccccc4o3)nc3ccccc3c2=O)cc(Br)c1O[C@H](C)C(=O)O. The Bertz CT molecular complexity index is 1720. The number of aromatic nitrogens is 2. The van der Waals surface area contributed by atoms with E-state index in [4.69, 9.17) is 13.9 Å². The molecule has 9 nitrogen and oxygen atoms in total. The Hall–Kier alpha value is -4.44. The van der Waals surface area contributed by atoms with E-state index in [9.17, 15) is 14.7 Å². The second-order valence-corrected chi connectivity index (χ2v) is 9.18. The summed E-state index contributed by atoms with van der Waals surface area (Å²) >= 11 is 3.43. The van der Waals surface area contributed by atoms with Crippen molar-refractivity contribution in [1.82, 2.24) is 9.66 Å². The number of para-hydroxylation sites is 2. The van der Waals surface area contributed by atoms with E-state index in [-0.39, 0.29) is 17.1 Å². The van der Waals surface area contributed by atoms with Crippen LogP contribution in [0.25, 0.3) is 33.5 Å². The molecule has 5 rings (SSSR count). The Labute approximate surface area is 225 Å². The summed E-state index contributed by atoms with van der Waals surface area (Å²) in [5.74, 6) is 0.130. The lowest BCUT2D eigenvalue weighted by Gasteiger charge is -2.17. The zero-order chi connectivity index (χ0) is 26.8. The summed E-state index contributed by atoms with van der Waals surface area (Å²) in [7, 11) is 0. The summed E-state index contributed by atoms with van der Waals surface area (Å²) in [6.07, 6.45) is 0.403. The van der Waals surface area contributed by atoms with Gasteiger partial charge in [0.05, 0.1) is 28.2 Å². The van der Waals surface area contributed by atoms with Crippen LogP contribution in [-0.2, 0) is 4.79 Å². The number of aliphatic carboxylic acids is 1. The zero-order valence-electron chi connectivity index (χ0n) is 20.4. The molecule has 0 radical (unpaired) electrons. The lowest BCUT2D eigenvalue weighted by atomic mass is 10.2. The van der Waals surface area contributed by atoms with Crippen LogP contribution in [0.1, 0.15) is 19.4 Å². The summed E-state index contributed by atoms with van der Waals surface area (Å²) < 4.78 is 19.0. The maximum Gasteiger partial charge on any atom is 0.344 e. The molecule has 0 bridgehead atoms. The Morgan fingerprint density at radius 3 is 2.71 bits per heavy atom. The highest BCUT2D eigenvalue weighted by atomic mass is 79.9. The predicted molar refractivity (Wildman–Crippen MR) is 147 cm³/mol. The van der Waals surface area contributed by atoms with E-state index in [1.807, 2.05) is 36.4 Å². The third kappa shape index (κ3) is 4.90. The van der Waals surface area contributed by atoms with Gasteiger partial charge in [-0.2, -0.15) is 9.78 Å². The van der Waals surface area contributed by atoms with Crippen LogP contribution < -0.4 is 15.0 Å². The van der Waals surface area contributed by atoms with Crippen molar-refractivity contribution >= 4 is 50.0 Å². The second-order valence-electron chi connectivity index (χ2n) is 8.32. The smallest absolute Gasteiger partial charge is 0.344 e. The number of rotatable bonds is 8. The highest BCUT2D eigenvalue weighted by Gasteiger charge is 2.20. The van der Waals surface area contributed by atoms with Gasteiger partial charge in [-0.3, -0.25) is 4.79 Å². The highest BCUT2D eigenvalue weighted by Crippen LogP contribution is 2.37. The minimum Gasteiger partial charge on any atom is -0.490 e. The van der Waals surface area contributed by atoms with E-state index < -0.39 is 12.1 Å². The molecule has 5 aromatic rings. The first-order chi connectivity index (χ1) is 18.4. The summed E-state index contributed by atoms with van der Waals surface area (Å²) in [6, 6.07) is 19.7. The van der Waals surface area contributed by atoms with Crippen LogP contribution in [0.4, 0.5) is 0 Å². The van der Waals surface area contributed by atoms with Crippen molar-refractivity contribution in [2.45, 2.75) is 20.0 Å². The molecule has 0 fully saturated rings. The zero-order valence-corrected chi connectivity index (χ0v) is 22.0. The van der Waals surface area contributed by atoms with Gasteiger partial charge in [-0.1, -0.05) is 30.3 Å². The molecule has 2 aromatic heterocycles. The van der Waals surface area contributed by atoms with Gasteiger partial charge in [0.2, 0.25) is 5.82 Å². The molecule has 38 heavy (non-hydrogen) atoms. The highest BCUT2D eigenvalue weighted by molar-refractivity contribution is 9.10. The molecule has 0 spiro atoms. The number of furan rings is 1. The van der Waals surface area contributed by atoms with Gasteiger partial charge in [-0.25, -0.2) is 9.78 Å². The predicted octanol–water partition coefficient (Wildman–Crippen LogP) is 5.71. The first kappa shape index (κ1) is 25.2. The van der Waals surface area contributed by atoms with Crippen molar-refractivity contribution in [3.63, 3.8) is 0 Å². The molecular formula is C28H22BrN3O6. The summed E-state index contributed by atoms with van der Waals surface area (Å²) in [4.78, 5) is 29.5. The molecule has 0 aliphatic rings. The molecule has 10 heteroatoms. The third-order valence-corrected chi connectivity index (χ3v) is 6.29. The average Bonchev–Trinajstić information content (AvgIpc) is 3.34. The fraction of sp³-hybridized carbons (Fsp3) is 0.143. The molecule has 0 saturated heterocycles. The quantitative estimate of drug-likeness (QED) is 0.236. The first-order valence-electron chi connectivity index (χ1n) is 11.8. The average molecular weight is 576 g/mol. The molecule has 0 aliphatic carbocycles. The van der Waals surface area contributed by atoms with Gasteiger partial charge < -0.3 is 19.0 Å². The number of carboxylic acids is 1. The standard InChI is InChI=1S/C28H22BrN3O6/c1-3-36-23-13-17(12-20(29)25(23)37-16(2)28(34)35)15-30-32-26(24-14-18-8-4-7-11-22(18)38-24)31-21-10-6-5-9-19(21)27(32)33/h4-16H,3H2,1-2H3,(H,34,35)/t16-/m1/s1. The lowest BCUT2D eigenvalue weighted by molar-refractivity contribution is -0.144. The molecule has 0 saturated carbocycles. The summed E-state index contributed by atoms with van der Waals surface area (Å²) in [5.41, 5.74) is 1.40. The number of fused-ring (bicyclic) bond motifs is 2. The lowest BCUT2D eigenvalue weighted by Crippen LogP contribution is -2.23. The van der Waals surface area contributed by atoms with Crippen LogP contribution in [0.15, 0.2) is 85.5 Å². The van der Waals surface area contributed by atoms with E-state index in [1.54, 1.807) is 37.3 Å². The maximum absolute atomic E-state index is 13.5. The number of hydrogen-bond acceptors (Lipinski definition) is 7. The van der Waals surface area contributed by atoms with Crippen molar-refractivity contribution in [1.29, 1.82) is 0 Å². The monoisotopic (exact) mass is 575 g/mol. The Morgan fingerprint density at radius 1 is 1.18 bits per heavy atom. The molecule has 2 heterocycles. The number of halogens is 1. The van der Waals surface area contributed by atoms with Crippen LogP contribution in [0.5, 0.6) is 11.5 Å². The molecule has 0 amide bonds. The maximum atomic E-state index is 13.5. The van der Waals surface area contributed by atoms with Gasteiger partial charge in [0.15, 0.2) is 23.4 Å². The summed E-state index contributed by atoms with van der Waals surface area (Å²) in [5, 5.41) is 15.0. The van der Waals surface area contributed by atoms with Gasteiger partial charge in [0.1, 0.15) is 5.58 Å². The van der Waals surface area contributed by atoms with Gasteiger partial charge in [-0.15, -0.1) is 0 Å². The second kappa shape index (κ2) is 10.5. The van der Waals surface area contributed by atoms with E-state index in [0.717, 1.165) is 5.39 Å². The number of carbonyl (C=O) groups is 1. The Balaban J connectivity index is 1.63. The topological polar surface area (TPSA) is 116 Å². The third-order valence-electron chi connectivity index (χ3n) is 5.70. The van der Waals surface area contributed by atoms with E-state index in [2.05, 4.69) is 26.0 Å². The van der Waals surface area contributed by atoms with Crippen LogP contribution >= 0.6 is 15.9 Å². The number of hydrogen-bond donors (Lipinski definition) is 1. The molecule has 192 valence electrons. The minimum absolute atomic E-state index is 0.250. The molecule has 1 N–H and O–H groups in total.